The molecule has 0 aliphatic carbocycles. The van der Waals surface area contributed by atoms with Crippen LogP contribution in [0, 0.1) is 5.92 Å². The van der Waals surface area contributed by atoms with E-state index in [1.54, 1.807) is 6.92 Å². The van der Waals surface area contributed by atoms with Gasteiger partial charge in [0.25, 0.3) is 0 Å². The van der Waals surface area contributed by atoms with Crippen molar-refractivity contribution in [3.8, 4) is 0 Å². The molecule has 0 spiro atoms. The van der Waals surface area contributed by atoms with Gasteiger partial charge in [0.05, 0.1) is 6.61 Å². The highest BCUT2D eigenvalue weighted by Crippen LogP contribution is 2.35. The van der Waals surface area contributed by atoms with Crippen molar-refractivity contribution in [3.05, 3.63) is 0 Å². The minimum atomic E-state index is -0.614. The summed E-state index contributed by atoms with van der Waals surface area (Å²) in [5.74, 6) is -0.186. The fourth-order valence-electron chi connectivity index (χ4n) is 2.93. The first kappa shape index (κ1) is 11.6. The van der Waals surface area contributed by atoms with Gasteiger partial charge in [-0.15, -0.1) is 0 Å². The van der Waals surface area contributed by atoms with E-state index in [4.69, 9.17) is 4.74 Å². The predicted molar refractivity (Wildman–Crippen MR) is 58.9 cm³/mol. The van der Waals surface area contributed by atoms with Crippen LogP contribution >= 0.6 is 0 Å². The van der Waals surface area contributed by atoms with E-state index in [0.717, 1.165) is 25.8 Å². The Labute approximate surface area is 95.9 Å². The van der Waals surface area contributed by atoms with Gasteiger partial charge < -0.3 is 4.74 Å². The first-order valence-corrected chi connectivity index (χ1v) is 6.15. The number of piperidine rings is 3. The highest BCUT2D eigenvalue weighted by molar-refractivity contribution is 6.05. The number of Topliss-reactive ketones (excluding diaryl/α,β-unsaturated/α-hetero) is 1. The van der Waals surface area contributed by atoms with E-state index >= 15 is 0 Å². The largest absolute Gasteiger partial charge is 0.464 e. The molecule has 0 saturated carbocycles. The molecule has 3 aliphatic heterocycles. The van der Waals surface area contributed by atoms with Gasteiger partial charge in [0.15, 0.2) is 11.8 Å². The number of carbonyl (C=O) groups is 2. The molecule has 3 saturated heterocycles. The van der Waals surface area contributed by atoms with E-state index in [0.29, 0.717) is 12.6 Å². The van der Waals surface area contributed by atoms with Crippen molar-refractivity contribution >= 4 is 11.8 Å². The lowest BCUT2D eigenvalue weighted by molar-refractivity contribution is -0.163. The fourth-order valence-corrected chi connectivity index (χ4v) is 2.93. The number of ketones is 1. The van der Waals surface area contributed by atoms with Crippen molar-refractivity contribution < 1.29 is 14.3 Å². The Hall–Kier alpha value is -0.900. The summed E-state index contributed by atoms with van der Waals surface area (Å²) >= 11 is 0. The van der Waals surface area contributed by atoms with Gasteiger partial charge in [0, 0.05) is 18.5 Å². The lowest BCUT2D eigenvalue weighted by Gasteiger charge is -2.47. The van der Waals surface area contributed by atoms with Crippen molar-refractivity contribution in [2.75, 3.05) is 13.2 Å². The van der Waals surface area contributed by atoms with Crippen LogP contribution in [0.1, 0.15) is 33.1 Å². The number of hydrogen-bond donors (Lipinski definition) is 0. The van der Waals surface area contributed by atoms with Crippen LogP contribution in [-0.4, -0.2) is 41.9 Å². The zero-order valence-corrected chi connectivity index (χ0v) is 9.94. The Bertz CT molecular complexity index is 303. The smallest absolute Gasteiger partial charge is 0.331 e. The van der Waals surface area contributed by atoms with Crippen LogP contribution in [0.5, 0.6) is 0 Å². The second-order valence-electron chi connectivity index (χ2n) is 4.58. The fraction of sp³-hybridized carbons (Fsp3) is 0.833. The number of nitrogens with zero attached hydrogens (tertiary/aromatic N) is 1. The zero-order valence-electron chi connectivity index (χ0n) is 9.94. The highest BCUT2D eigenvalue weighted by Gasteiger charge is 2.49. The number of carbonyl (C=O) groups excluding carboxylic acids is 2. The second-order valence-corrected chi connectivity index (χ2v) is 4.58. The molecule has 4 heteroatoms. The van der Waals surface area contributed by atoms with Crippen LogP contribution in [0.15, 0.2) is 0 Å². The summed E-state index contributed by atoms with van der Waals surface area (Å²) in [7, 11) is 0. The molecule has 3 rings (SSSR count). The number of esters is 1. The molecule has 2 unspecified atom stereocenters. The van der Waals surface area contributed by atoms with E-state index in [2.05, 4.69) is 6.92 Å². The summed E-state index contributed by atoms with van der Waals surface area (Å²) in [6, 6.07) is -0.233. The molecule has 90 valence electrons. The van der Waals surface area contributed by atoms with Crippen LogP contribution in [0.2, 0.25) is 0 Å². The average molecular weight is 225 g/mol. The van der Waals surface area contributed by atoms with Crippen LogP contribution in [0.3, 0.4) is 0 Å². The molecule has 0 aromatic rings. The third-order valence-corrected chi connectivity index (χ3v) is 3.75. The van der Waals surface area contributed by atoms with Gasteiger partial charge in [-0.05, 0) is 26.2 Å². The Morgan fingerprint density at radius 3 is 2.88 bits per heavy atom. The molecule has 0 aromatic heterocycles. The molecule has 3 aliphatic rings. The van der Waals surface area contributed by atoms with Crippen molar-refractivity contribution in [2.45, 2.75) is 45.2 Å². The first-order valence-electron chi connectivity index (χ1n) is 6.15. The third-order valence-electron chi connectivity index (χ3n) is 3.75. The van der Waals surface area contributed by atoms with E-state index in [1.807, 2.05) is 4.90 Å². The lowest BCUT2D eigenvalue weighted by atomic mass is 9.77. The van der Waals surface area contributed by atoms with Crippen molar-refractivity contribution in [1.82, 2.24) is 4.90 Å². The quantitative estimate of drug-likeness (QED) is 0.531. The van der Waals surface area contributed by atoms with E-state index in [9.17, 15) is 9.59 Å². The summed E-state index contributed by atoms with van der Waals surface area (Å²) < 4.78 is 5.00. The monoisotopic (exact) mass is 225 g/mol. The Morgan fingerprint density at radius 2 is 2.25 bits per heavy atom. The summed E-state index contributed by atoms with van der Waals surface area (Å²) in [6.07, 6.45) is 2.83. The molecular weight excluding hydrogens is 206 g/mol. The number of fused-ring (bicyclic) bond motifs is 3. The minimum Gasteiger partial charge on any atom is -0.464 e. The van der Waals surface area contributed by atoms with Crippen LogP contribution in [0.4, 0.5) is 0 Å². The van der Waals surface area contributed by atoms with Gasteiger partial charge >= 0.3 is 5.97 Å². The van der Waals surface area contributed by atoms with Crippen molar-refractivity contribution in [2.24, 2.45) is 5.92 Å². The van der Waals surface area contributed by atoms with E-state index in [-0.39, 0.29) is 17.7 Å². The molecule has 0 N–H and O–H groups in total. The Kier molecular flexibility index (Phi) is 3.28. The molecule has 0 amide bonds. The maximum Gasteiger partial charge on any atom is 0.331 e. The normalized spacial score (nSPS) is 37.5. The molecule has 3 heterocycles. The maximum absolute atomic E-state index is 12.0. The molecule has 4 atom stereocenters. The summed E-state index contributed by atoms with van der Waals surface area (Å²) in [5, 5.41) is 0. The standard InChI is InChI=1S/C12H19NO3/c1-3-9-7-8-5-6-13(9)10(11(8)14)12(15)16-4-2/h8-10H,3-7H2,1-2H3/t8-,9+,10?/m0/s1. The number of rotatable bonds is 3. The third kappa shape index (κ3) is 1.75. The van der Waals surface area contributed by atoms with Gasteiger partial charge in [0.2, 0.25) is 0 Å². The lowest BCUT2D eigenvalue weighted by Crippen LogP contribution is -2.63. The van der Waals surface area contributed by atoms with Gasteiger partial charge in [-0.1, -0.05) is 6.92 Å². The summed E-state index contributed by atoms with van der Waals surface area (Å²) in [5.41, 5.74) is 0. The highest BCUT2D eigenvalue weighted by atomic mass is 16.5. The van der Waals surface area contributed by atoms with Gasteiger partial charge in [0.1, 0.15) is 0 Å². The van der Waals surface area contributed by atoms with Crippen molar-refractivity contribution in [3.63, 3.8) is 0 Å². The number of ether oxygens (including phenoxy) is 1. The SMILES string of the molecule is CCOC(=O)C1C(=O)[C@H]2CCN1[C@H](CC)C2. The molecule has 4 nitrogen and oxygen atoms in total. The van der Waals surface area contributed by atoms with Crippen molar-refractivity contribution in [1.29, 1.82) is 0 Å². The summed E-state index contributed by atoms with van der Waals surface area (Å²) in [6.45, 7) is 5.09. The first-order chi connectivity index (χ1) is 7.69. The zero-order chi connectivity index (χ0) is 11.7. The molecule has 0 radical (unpaired) electrons. The predicted octanol–water partition coefficient (Wildman–Crippen LogP) is 0.991. The van der Waals surface area contributed by atoms with Gasteiger partial charge in [-0.2, -0.15) is 0 Å². The minimum absolute atomic E-state index is 0.0781. The van der Waals surface area contributed by atoms with E-state index in [1.165, 1.54) is 0 Å². The molecule has 16 heavy (non-hydrogen) atoms. The maximum atomic E-state index is 12.0. The second kappa shape index (κ2) is 4.53. The van der Waals surface area contributed by atoms with Crippen LogP contribution in [0.25, 0.3) is 0 Å². The molecule has 0 aromatic carbocycles. The van der Waals surface area contributed by atoms with Crippen LogP contribution in [-0.2, 0) is 14.3 Å². The summed E-state index contributed by atoms with van der Waals surface area (Å²) in [4.78, 5) is 25.8. The van der Waals surface area contributed by atoms with Crippen LogP contribution < -0.4 is 0 Å². The Morgan fingerprint density at radius 1 is 1.50 bits per heavy atom. The Balaban J connectivity index is 2.17. The van der Waals surface area contributed by atoms with E-state index < -0.39 is 6.04 Å². The van der Waals surface area contributed by atoms with Gasteiger partial charge in [-0.25, -0.2) is 4.79 Å². The molecular formula is C12H19NO3. The molecule has 3 fully saturated rings. The number of hydrogen-bond acceptors (Lipinski definition) is 4. The van der Waals surface area contributed by atoms with Gasteiger partial charge in [-0.3, -0.25) is 9.69 Å². The topological polar surface area (TPSA) is 46.6 Å². The average Bonchev–Trinajstić information content (AvgIpc) is 2.30. The molecule has 2 bridgehead atoms.